The Balaban J connectivity index is 2.43. The maximum atomic E-state index is 9.16. The van der Waals surface area contributed by atoms with E-state index in [0.29, 0.717) is 5.02 Å². The second kappa shape index (κ2) is 6.36. The lowest BCUT2D eigenvalue weighted by Crippen LogP contribution is -1.90. The molecule has 18 heavy (non-hydrogen) atoms. The van der Waals surface area contributed by atoms with Crippen molar-refractivity contribution in [1.29, 1.82) is 0 Å². The lowest BCUT2D eigenvalue weighted by atomic mass is 9.98. The number of benzene rings is 2. The molecule has 1 nitrogen and oxygen atoms in total. The third-order valence-electron chi connectivity index (χ3n) is 2.61. The predicted octanol–water partition coefficient (Wildman–Crippen LogP) is 4.37. The van der Waals surface area contributed by atoms with Crippen molar-refractivity contribution < 1.29 is 5.11 Å². The Labute approximate surface area is 125 Å². The van der Waals surface area contributed by atoms with E-state index in [1.807, 2.05) is 30.3 Å². The fourth-order valence-electron chi connectivity index (χ4n) is 1.75. The Hall–Kier alpha value is -0.840. The van der Waals surface area contributed by atoms with Crippen molar-refractivity contribution in [3.05, 3.63) is 74.3 Å². The van der Waals surface area contributed by atoms with Crippen LogP contribution in [0.5, 0.6) is 0 Å². The molecule has 0 aliphatic heterocycles. The van der Waals surface area contributed by atoms with Crippen molar-refractivity contribution >= 4 is 39.8 Å². The van der Waals surface area contributed by atoms with E-state index in [2.05, 4.69) is 46.9 Å². The van der Waals surface area contributed by atoms with Crippen LogP contribution in [-0.4, -0.2) is 11.7 Å². The van der Waals surface area contributed by atoms with E-state index in [1.165, 1.54) is 3.57 Å². The van der Waals surface area contributed by atoms with Crippen LogP contribution in [0, 0.1) is 3.57 Å². The van der Waals surface area contributed by atoms with Gasteiger partial charge in [-0.3, -0.25) is 0 Å². The Morgan fingerprint density at radius 3 is 2.00 bits per heavy atom. The summed E-state index contributed by atoms with van der Waals surface area (Å²) in [7, 11) is 0. The number of hydrogen-bond acceptors (Lipinski definition) is 1. The summed E-state index contributed by atoms with van der Waals surface area (Å²) in [6, 6.07) is 15.8. The molecule has 0 saturated heterocycles. The summed E-state index contributed by atoms with van der Waals surface area (Å²) in [5.41, 5.74) is 3.16. The summed E-state index contributed by atoms with van der Waals surface area (Å²) >= 11 is 8.16. The van der Waals surface area contributed by atoms with Gasteiger partial charge in [-0.2, -0.15) is 0 Å². The van der Waals surface area contributed by atoms with Crippen LogP contribution in [0.4, 0.5) is 0 Å². The van der Waals surface area contributed by atoms with E-state index in [4.69, 9.17) is 16.7 Å². The van der Waals surface area contributed by atoms with Crippen molar-refractivity contribution in [2.45, 2.75) is 0 Å². The Bertz CT molecular complexity index is 496. The highest BCUT2D eigenvalue weighted by atomic mass is 127. The van der Waals surface area contributed by atoms with Crippen molar-refractivity contribution in [3.63, 3.8) is 0 Å². The molecule has 0 amide bonds. The molecule has 2 aromatic rings. The highest BCUT2D eigenvalue weighted by Crippen LogP contribution is 2.25. The van der Waals surface area contributed by atoms with Crippen LogP contribution in [0.15, 0.2) is 54.6 Å². The standard InChI is InChI=1S/C15H12ClIO/c16-13-5-1-11(2-6-13)15(9-10-18)12-3-7-14(17)8-4-12/h1-9,18H,10H2. The quantitative estimate of drug-likeness (QED) is 0.796. The maximum Gasteiger partial charge on any atom is 0.0621 e. The maximum absolute atomic E-state index is 9.16. The number of aliphatic hydroxyl groups is 1. The number of hydrogen-bond donors (Lipinski definition) is 1. The monoisotopic (exact) mass is 370 g/mol. The third-order valence-corrected chi connectivity index (χ3v) is 3.58. The smallest absolute Gasteiger partial charge is 0.0621 e. The van der Waals surface area contributed by atoms with Gasteiger partial charge in [-0.1, -0.05) is 41.9 Å². The fraction of sp³-hybridized carbons (Fsp3) is 0.0667. The van der Waals surface area contributed by atoms with Gasteiger partial charge in [0.2, 0.25) is 0 Å². The van der Waals surface area contributed by atoms with E-state index in [-0.39, 0.29) is 6.61 Å². The predicted molar refractivity (Wildman–Crippen MR) is 84.8 cm³/mol. The van der Waals surface area contributed by atoms with Gasteiger partial charge in [0.15, 0.2) is 0 Å². The number of rotatable bonds is 3. The molecule has 0 spiro atoms. The Morgan fingerprint density at radius 1 is 1.00 bits per heavy atom. The van der Waals surface area contributed by atoms with Crippen molar-refractivity contribution in [3.8, 4) is 0 Å². The van der Waals surface area contributed by atoms with Crippen LogP contribution in [0.2, 0.25) is 5.02 Å². The number of halogens is 2. The average molecular weight is 371 g/mol. The first kappa shape index (κ1) is 13.6. The van der Waals surface area contributed by atoms with Gasteiger partial charge in [0.05, 0.1) is 6.61 Å². The molecule has 0 saturated carbocycles. The minimum absolute atomic E-state index is 0.0178. The molecule has 3 heteroatoms. The first-order chi connectivity index (χ1) is 8.70. The third kappa shape index (κ3) is 3.34. The second-order valence-corrected chi connectivity index (χ2v) is 5.50. The molecule has 0 radical (unpaired) electrons. The van der Waals surface area contributed by atoms with E-state index in [9.17, 15) is 0 Å². The lowest BCUT2D eigenvalue weighted by molar-refractivity contribution is 0.343. The van der Waals surface area contributed by atoms with Gasteiger partial charge in [0.1, 0.15) is 0 Å². The highest BCUT2D eigenvalue weighted by molar-refractivity contribution is 14.1. The molecule has 0 heterocycles. The summed E-state index contributed by atoms with van der Waals surface area (Å²) in [5, 5.41) is 9.88. The molecule has 0 aliphatic carbocycles. The van der Waals surface area contributed by atoms with Gasteiger partial charge in [0.25, 0.3) is 0 Å². The zero-order chi connectivity index (χ0) is 13.0. The second-order valence-electron chi connectivity index (χ2n) is 3.81. The molecule has 0 aromatic heterocycles. The molecule has 0 atom stereocenters. The lowest BCUT2D eigenvalue weighted by Gasteiger charge is -2.08. The van der Waals surface area contributed by atoms with Crippen molar-refractivity contribution in [2.75, 3.05) is 6.61 Å². The SMILES string of the molecule is OCC=C(c1ccc(Cl)cc1)c1ccc(I)cc1. The number of aliphatic hydroxyl groups excluding tert-OH is 1. The van der Waals surface area contributed by atoms with Crippen LogP contribution in [0.3, 0.4) is 0 Å². The molecule has 2 rings (SSSR count). The van der Waals surface area contributed by atoms with Gasteiger partial charge in [-0.05, 0) is 63.6 Å². The molecule has 0 fully saturated rings. The molecule has 0 bridgehead atoms. The van der Waals surface area contributed by atoms with Gasteiger partial charge in [-0.25, -0.2) is 0 Å². The Kier molecular flexibility index (Phi) is 4.80. The fourth-order valence-corrected chi connectivity index (χ4v) is 2.24. The van der Waals surface area contributed by atoms with Gasteiger partial charge in [-0.15, -0.1) is 0 Å². The molecule has 0 unspecified atom stereocenters. The van der Waals surface area contributed by atoms with E-state index < -0.39 is 0 Å². The first-order valence-electron chi connectivity index (χ1n) is 5.53. The van der Waals surface area contributed by atoms with E-state index in [0.717, 1.165) is 16.7 Å². The minimum atomic E-state index is 0.0178. The molecular formula is C15H12ClIO. The largest absolute Gasteiger partial charge is 0.392 e. The molecule has 0 aliphatic rings. The molecule has 2 aromatic carbocycles. The summed E-state index contributed by atoms with van der Waals surface area (Å²) < 4.78 is 1.19. The first-order valence-corrected chi connectivity index (χ1v) is 6.99. The minimum Gasteiger partial charge on any atom is -0.392 e. The van der Waals surface area contributed by atoms with E-state index in [1.54, 1.807) is 0 Å². The van der Waals surface area contributed by atoms with Crippen molar-refractivity contribution in [1.82, 2.24) is 0 Å². The van der Waals surface area contributed by atoms with Crippen LogP contribution >= 0.6 is 34.2 Å². The van der Waals surface area contributed by atoms with Crippen LogP contribution in [0.25, 0.3) is 5.57 Å². The topological polar surface area (TPSA) is 20.2 Å². The molecule has 1 N–H and O–H groups in total. The van der Waals surface area contributed by atoms with Crippen molar-refractivity contribution in [2.24, 2.45) is 0 Å². The normalized spacial score (nSPS) is 11.6. The zero-order valence-corrected chi connectivity index (χ0v) is 12.5. The summed E-state index contributed by atoms with van der Waals surface area (Å²) in [4.78, 5) is 0. The summed E-state index contributed by atoms with van der Waals surface area (Å²) in [5.74, 6) is 0. The van der Waals surface area contributed by atoms with E-state index >= 15 is 0 Å². The summed E-state index contributed by atoms with van der Waals surface area (Å²) in [6.07, 6.45) is 1.81. The van der Waals surface area contributed by atoms with Gasteiger partial charge < -0.3 is 5.11 Å². The van der Waals surface area contributed by atoms with Crippen LogP contribution < -0.4 is 0 Å². The highest BCUT2D eigenvalue weighted by Gasteiger charge is 2.04. The molecular weight excluding hydrogens is 359 g/mol. The molecule has 92 valence electrons. The van der Waals surface area contributed by atoms with Gasteiger partial charge >= 0.3 is 0 Å². The summed E-state index contributed by atoms with van der Waals surface area (Å²) in [6.45, 7) is 0.0178. The Morgan fingerprint density at radius 2 is 1.50 bits per heavy atom. The average Bonchev–Trinajstić information content (AvgIpc) is 2.39. The van der Waals surface area contributed by atoms with Crippen LogP contribution in [-0.2, 0) is 0 Å². The zero-order valence-electron chi connectivity index (χ0n) is 9.61. The van der Waals surface area contributed by atoms with Gasteiger partial charge in [0, 0.05) is 8.59 Å². The van der Waals surface area contributed by atoms with Crippen LogP contribution in [0.1, 0.15) is 11.1 Å².